The summed E-state index contributed by atoms with van der Waals surface area (Å²) in [7, 11) is 0. The maximum atomic E-state index is 13.9. The van der Waals surface area contributed by atoms with Gasteiger partial charge in [0.05, 0.1) is 6.10 Å². The molecule has 3 atom stereocenters. The van der Waals surface area contributed by atoms with Crippen LogP contribution in [0, 0.1) is 30.5 Å². The van der Waals surface area contributed by atoms with Crippen LogP contribution in [0.4, 0.5) is 4.39 Å². The van der Waals surface area contributed by atoms with Gasteiger partial charge in [-0.1, -0.05) is 26.0 Å². The van der Waals surface area contributed by atoms with Gasteiger partial charge in [0.2, 0.25) is 0 Å². The van der Waals surface area contributed by atoms with E-state index < -0.39 is 6.10 Å². The Hall–Kier alpha value is -0.890. The van der Waals surface area contributed by atoms with Gasteiger partial charge >= 0.3 is 0 Å². The molecule has 3 unspecified atom stereocenters. The first-order valence-electron chi connectivity index (χ1n) is 6.91. The smallest absolute Gasteiger partial charge is 0.129 e. The molecule has 1 aromatic rings. The summed E-state index contributed by atoms with van der Waals surface area (Å²) in [6, 6.07) is 5.12. The van der Waals surface area contributed by atoms with Crippen LogP contribution in [0.2, 0.25) is 0 Å². The summed E-state index contributed by atoms with van der Waals surface area (Å²) in [5.74, 6) is 1.18. The number of aryl methyl sites for hydroxylation is 1. The van der Waals surface area contributed by atoms with E-state index >= 15 is 0 Å². The van der Waals surface area contributed by atoms with E-state index in [2.05, 4.69) is 13.8 Å². The van der Waals surface area contributed by atoms with E-state index in [1.54, 1.807) is 6.07 Å². The molecular weight excluding hydrogens is 227 g/mol. The zero-order valence-electron chi connectivity index (χ0n) is 11.5. The fourth-order valence-corrected chi connectivity index (χ4v) is 3.39. The number of benzene rings is 1. The summed E-state index contributed by atoms with van der Waals surface area (Å²) in [6.07, 6.45) is 2.56. The maximum absolute atomic E-state index is 13.9. The minimum atomic E-state index is -0.657. The Bertz CT molecular complexity index is 406. The SMILES string of the molecule is Cc1ccc(C(O)C2CC(C)CC(C)C2)c(F)c1. The van der Waals surface area contributed by atoms with Crippen molar-refractivity contribution < 1.29 is 9.50 Å². The molecule has 0 aliphatic heterocycles. The Morgan fingerprint density at radius 2 is 1.78 bits per heavy atom. The van der Waals surface area contributed by atoms with E-state index in [0.29, 0.717) is 17.4 Å². The summed E-state index contributed by atoms with van der Waals surface area (Å²) < 4.78 is 13.9. The van der Waals surface area contributed by atoms with Gasteiger partial charge in [-0.25, -0.2) is 4.39 Å². The number of aliphatic hydroxyl groups excluding tert-OH is 1. The van der Waals surface area contributed by atoms with Crippen molar-refractivity contribution in [2.24, 2.45) is 17.8 Å². The van der Waals surface area contributed by atoms with Crippen molar-refractivity contribution in [2.75, 3.05) is 0 Å². The van der Waals surface area contributed by atoms with Crippen LogP contribution in [-0.4, -0.2) is 5.11 Å². The molecule has 100 valence electrons. The molecule has 18 heavy (non-hydrogen) atoms. The predicted octanol–water partition coefficient (Wildman–Crippen LogP) is 4.24. The second-order valence-corrected chi connectivity index (χ2v) is 6.15. The van der Waals surface area contributed by atoms with E-state index in [1.807, 2.05) is 13.0 Å². The molecule has 2 rings (SSSR count). The van der Waals surface area contributed by atoms with Gasteiger partial charge in [-0.2, -0.15) is 0 Å². The van der Waals surface area contributed by atoms with Gasteiger partial charge < -0.3 is 5.11 Å². The lowest BCUT2D eigenvalue weighted by atomic mass is 9.73. The van der Waals surface area contributed by atoms with Crippen LogP contribution < -0.4 is 0 Å². The second kappa shape index (κ2) is 5.40. The largest absolute Gasteiger partial charge is 0.388 e. The zero-order chi connectivity index (χ0) is 13.3. The molecule has 0 radical (unpaired) electrons. The third-order valence-corrected chi connectivity index (χ3v) is 4.14. The monoisotopic (exact) mass is 250 g/mol. The lowest BCUT2D eigenvalue weighted by molar-refractivity contribution is 0.0526. The standard InChI is InChI=1S/C16H23FO/c1-10-4-5-14(15(17)9-10)16(18)13-7-11(2)6-12(3)8-13/h4-5,9,11-13,16,18H,6-8H2,1-3H3. The first-order chi connectivity index (χ1) is 8.47. The van der Waals surface area contributed by atoms with Crippen LogP contribution in [0.3, 0.4) is 0 Å². The Balaban J connectivity index is 2.17. The van der Waals surface area contributed by atoms with Gasteiger partial charge in [0.25, 0.3) is 0 Å². The summed E-state index contributed by atoms with van der Waals surface area (Å²) in [5.41, 5.74) is 1.36. The predicted molar refractivity (Wildman–Crippen MR) is 71.8 cm³/mol. The zero-order valence-corrected chi connectivity index (χ0v) is 11.5. The van der Waals surface area contributed by atoms with E-state index in [-0.39, 0.29) is 11.7 Å². The lowest BCUT2D eigenvalue weighted by Gasteiger charge is -2.34. The van der Waals surface area contributed by atoms with Crippen molar-refractivity contribution in [1.82, 2.24) is 0 Å². The Kier molecular flexibility index (Phi) is 4.06. The minimum Gasteiger partial charge on any atom is -0.388 e. The van der Waals surface area contributed by atoms with Crippen LogP contribution in [0.5, 0.6) is 0 Å². The van der Waals surface area contributed by atoms with Crippen molar-refractivity contribution in [2.45, 2.75) is 46.1 Å². The van der Waals surface area contributed by atoms with E-state index in [0.717, 1.165) is 18.4 Å². The van der Waals surface area contributed by atoms with Gasteiger partial charge in [0, 0.05) is 5.56 Å². The maximum Gasteiger partial charge on any atom is 0.129 e. The van der Waals surface area contributed by atoms with Crippen LogP contribution in [0.25, 0.3) is 0 Å². The molecule has 0 aromatic heterocycles. The normalized spacial score (nSPS) is 30.2. The molecular formula is C16H23FO. The molecule has 2 heteroatoms. The summed E-state index contributed by atoms with van der Waals surface area (Å²) in [5, 5.41) is 10.4. The molecule has 1 saturated carbocycles. The van der Waals surface area contributed by atoms with E-state index in [1.165, 1.54) is 12.5 Å². The highest BCUT2D eigenvalue weighted by molar-refractivity contribution is 5.25. The molecule has 1 aliphatic rings. The average molecular weight is 250 g/mol. The van der Waals surface area contributed by atoms with Gasteiger partial charge in [-0.15, -0.1) is 0 Å². The van der Waals surface area contributed by atoms with Crippen LogP contribution >= 0.6 is 0 Å². The molecule has 0 saturated heterocycles. The summed E-state index contributed by atoms with van der Waals surface area (Å²) in [6.45, 7) is 6.31. The molecule has 1 nitrogen and oxygen atoms in total. The highest BCUT2D eigenvalue weighted by Gasteiger charge is 2.30. The Labute approximate surface area is 109 Å². The molecule has 1 N–H and O–H groups in total. The number of aliphatic hydroxyl groups is 1. The molecule has 1 fully saturated rings. The average Bonchev–Trinajstić information content (AvgIpc) is 2.26. The molecule has 0 spiro atoms. The van der Waals surface area contributed by atoms with Crippen molar-refractivity contribution in [3.8, 4) is 0 Å². The van der Waals surface area contributed by atoms with Crippen LogP contribution in [0.1, 0.15) is 50.3 Å². The molecule has 0 heterocycles. The highest BCUT2D eigenvalue weighted by Crippen LogP contribution is 2.40. The summed E-state index contributed by atoms with van der Waals surface area (Å²) in [4.78, 5) is 0. The highest BCUT2D eigenvalue weighted by atomic mass is 19.1. The van der Waals surface area contributed by atoms with Crippen LogP contribution in [-0.2, 0) is 0 Å². The number of hydrogen-bond acceptors (Lipinski definition) is 1. The van der Waals surface area contributed by atoms with Crippen molar-refractivity contribution in [1.29, 1.82) is 0 Å². The van der Waals surface area contributed by atoms with Crippen molar-refractivity contribution >= 4 is 0 Å². The Morgan fingerprint density at radius 3 is 2.33 bits per heavy atom. The quantitative estimate of drug-likeness (QED) is 0.832. The first kappa shape index (κ1) is 13.5. The fourth-order valence-electron chi connectivity index (χ4n) is 3.39. The van der Waals surface area contributed by atoms with Gasteiger partial charge in [-0.3, -0.25) is 0 Å². The fraction of sp³-hybridized carbons (Fsp3) is 0.625. The molecule has 1 aliphatic carbocycles. The molecule has 0 amide bonds. The van der Waals surface area contributed by atoms with Crippen molar-refractivity contribution in [3.63, 3.8) is 0 Å². The second-order valence-electron chi connectivity index (χ2n) is 6.15. The van der Waals surface area contributed by atoms with E-state index in [4.69, 9.17) is 0 Å². The summed E-state index contributed by atoms with van der Waals surface area (Å²) >= 11 is 0. The van der Waals surface area contributed by atoms with Crippen molar-refractivity contribution in [3.05, 3.63) is 35.1 Å². The topological polar surface area (TPSA) is 20.2 Å². The molecule has 1 aromatic carbocycles. The number of hydrogen-bond donors (Lipinski definition) is 1. The number of halogens is 1. The van der Waals surface area contributed by atoms with Crippen LogP contribution in [0.15, 0.2) is 18.2 Å². The lowest BCUT2D eigenvalue weighted by Crippen LogP contribution is -2.25. The first-order valence-corrected chi connectivity index (χ1v) is 6.91. The molecule has 0 bridgehead atoms. The van der Waals surface area contributed by atoms with Gasteiger partial charge in [0.1, 0.15) is 5.82 Å². The number of rotatable bonds is 2. The third kappa shape index (κ3) is 2.92. The third-order valence-electron chi connectivity index (χ3n) is 4.14. The van der Waals surface area contributed by atoms with E-state index in [9.17, 15) is 9.50 Å². The van der Waals surface area contributed by atoms with Gasteiger partial charge in [0.15, 0.2) is 0 Å². The minimum absolute atomic E-state index is 0.195. The Morgan fingerprint density at radius 1 is 1.17 bits per heavy atom. The van der Waals surface area contributed by atoms with Gasteiger partial charge in [-0.05, 0) is 55.6 Å².